The summed E-state index contributed by atoms with van der Waals surface area (Å²) in [5.41, 5.74) is 0.234. The molecular formula is C16H32N2. The second-order valence-electron chi connectivity index (χ2n) is 6.90. The van der Waals surface area contributed by atoms with Crippen LogP contribution in [-0.4, -0.2) is 13.1 Å². The first kappa shape index (κ1) is 17.4. The summed E-state index contributed by atoms with van der Waals surface area (Å²) < 4.78 is 0. The van der Waals surface area contributed by atoms with Gasteiger partial charge in [-0.25, -0.2) is 0 Å². The van der Waals surface area contributed by atoms with Crippen molar-refractivity contribution in [3.8, 4) is 6.07 Å². The minimum absolute atomic E-state index is 0.168. The van der Waals surface area contributed by atoms with Gasteiger partial charge in [-0.2, -0.15) is 5.26 Å². The Morgan fingerprint density at radius 3 is 2.22 bits per heavy atom. The molecule has 0 rings (SSSR count). The van der Waals surface area contributed by atoms with Gasteiger partial charge in [0.2, 0.25) is 0 Å². The molecule has 106 valence electrons. The third-order valence-corrected chi connectivity index (χ3v) is 3.52. The second kappa shape index (κ2) is 8.53. The number of unbranched alkanes of at least 4 members (excludes halogenated alkanes) is 2. The molecule has 0 fully saturated rings. The van der Waals surface area contributed by atoms with Crippen LogP contribution in [0.15, 0.2) is 0 Å². The van der Waals surface area contributed by atoms with E-state index < -0.39 is 0 Å². The zero-order valence-corrected chi connectivity index (χ0v) is 13.1. The Bertz CT molecular complexity index is 248. The highest BCUT2D eigenvalue weighted by Gasteiger charge is 2.18. The molecule has 2 nitrogen and oxygen atoms in total. The molecule has 0 amide bonds. The van der Waals surface area contributed by atoms with Crippen molar-refractivity contribution in [3.05, 3.63) is 0 Å². The highest BCUT2D eigenvalue weighted by atomic mass is 14.9. The average molecular weight is 252 g/mol. The van der Waals surface area contributed by atoms with E-state index >= 15 is 0 Å². The number of hydrogen-bond donors (Lipinski definition) is 1. The Balaban J connectivity index is 3.62. The summed E-state index contributed by atoms with van der Waals surface area (Å²) in [5, 5.41) is 12.5. The Hall–Kier alpha value is -0.550. The molecule has 2 heteroatoms. The summed E-state index contributed by atoms with van der Waals surface area (Å²) >= 11 is 0. The fourth-order valence-corrected chi connectivity index (χ4v) is 2.08. The van der Waals surface area contributed by atoms with Gasteiger partial charge in [0.15, 0.2) is 0 Å². The van der Waals surface area contributed by atoms with Gasteiger partial charge in [0, 0.05) is 6.54 Å². The predicted molar refractivity (Wildman–Crippen MR) is 79.4 cm³/mol. The molecule has 0 saturated carbocycles. The minimum Gasteiger partial charge on any atom is -0.316 e. The fourth-order valence-electron chi connectivity index (χ4n) is 2.08. The third kappa shape index (κ3) is 9.48. The molecule has 0 aromatic rings. The topological polar surface area (TPSA) is 35.8 Å². The Morgan fingerprint density at radius 2 is 1.67 bits per heavy atom. The quantitative estimate of drug-likeness (QED) is 0.581. The van der Waals surface area contributed by atoms with Gasteiger partial charge in [0.25, 0.3) is 0 Å². The second-order valence-corrected chi connectivity index (χ2v) is 6.90. The molecule has 0 aromatic heterocycles. The highest BCUT2D eigenvalue weighted by molar-refractivity contribution is 4.91. The van der Waals surface area contributed by atoms with E-state index in [9.17, 15) is 0 Å². The van der Waals surface area contributed by atoms with Crippen molar-refractivity contribution in [1.82, 2.24) is 5.32 Å². The molecule has 0 heterocycles. The van der Waals surface area contributed by atoms with Crippen LogP contribution < -0.4 is 5.32 Å². The van der Waals surface area contributed by atoms with E-state index in [1.807, 2.05) is 13.8 Å². The molecule has 0 aromatic carbocycles. The molecular weight excluding hydrogens is 220 g/mol. The van der Waals surface area contributed by atoms with Gasteiger partial charge >= 0.3 is 0 Å². The summed E-state index contributed by atoms with van der Waals surface area (Å²) in [6.07, 6.45) is 7.36. The molecule has 18 heavy (non-hydrogen) atoms. The lowest BCUT2D eigenvalue weighted by molar-refractivity contribution is 0.299. The van der Waals surface area contributed by atoms with E-state index in [0.717, 1.165) is 25.9 Å². The number of nitriles is 1. The average Bonchev–Trinajstić information content (AvgIpc) is 2.28. The highest BCUT2D eigenvalue weighted by Crippen LogP contribution is 2.23. The minimum atomic E-state index is -0.168. The lowest BCUT2D eigenvalue weighted by Gasteiger charge is -2.25. The van der Waals surface area contributed by atoms with Crippen molar-refractivity contribution >= 4 is 0 Å². The van der Waals surface area contributed by atoms with Crippen molar-refractivity contribution in [1.29, 1.82) is 5.26 Å². The van der Waals surface area contributed by atoms with Crippen LogP contribution >= 0.6 is 0 Å². The van der Waals surface area contributed by atoms with E-state index in [2.05, 4.69) is 32.2 Å². The molecule has 0 saturated heterocycles. The van der Waals surface area contributed by atoms with Crippen LogP contribution in [0.25, 0.3) is 0 Å². The number of hydrogen-bond acceptors (Lipinski definition) is 2. The molecule has 0 atom stereocenters. The molecule has 0 aliphatic heterocycles. The summed E-state index contributed by atoms with van der Waals surface area (Å²) in [6, 6.07) is 2.36. The molecule has 0 aliphatic carbocycles. The third-order valence-electron chi connectivity index (χ3n) is 3.52. The van der Waals surface area contributed by atoms with Crippen molar-refractivity contribution < 1.29 is 0 Å². The van der Waals surface area contributed by atoms with Crippen LogP contribution in [0.4, 0.5) is 0 Å². The lowest BCUT2D eigenvalue weighted by Crippen LogP contribution is -2.30. The largest absolute Gasteiger partial charge is 0.316 e. The van der Waals surface area contributed by atoms with Gasteiger partial charge in [-0.15, -0.1) is 0 Å². The van der Waals surface area contributed by atoms with E-state index in [4.69, 9.17) is 5.26 Å². The van der Waals surface area contributed by atoms with E-state index in [-0.39, 0.29) is 5.41 Å². The Labute approximate surface area is 114 Å². The standard InChI is InChI=1S/C16H32N2/c1-6-7-8-10-16(4,5)14-18-12-9-11-15(2,3)13-17/h18H,6-12,14H2,1-5H3. The summed E-state index contributed by atoms with van der Waals surface area (Å²) in [4.78, 5) is 0. The Kier molecular flexibility index (Phi) is 8.27. The predicted octanol–water partition coefficient (Wildman–Crippen LogP) is 4.51. The summed E-state index contributed by atoms with van der Waals surface area (Å²) in [7, 11) is 0. The van der Waals surface area contributed by atoms with E-state index in [1.54, 1.807) is 0 Å². The first-order valence-corrected chi connectivity index (χ1v) is 7.45. The van der Waals surface area contributed by atoms with Gasteiger partial charge in [0.1, 0.15) is 0 Å². The fraction of sp³-hybridized carbons (Fsp3) is 0.938. The molecule has 0 bridgehead atoms. The molecule has 0 aliphatic rings. The van der Waals surface area contributed by atoms with Crippen LogP contribution in [0.1, 0.15) is 73.1 Å². The molecule has 1 N–H and O–H groups in total. The van der Waals surface area contributed by atoms with Gasteiger partial charge in [-0.3, -0.25) is 0 Å². The van der Waals surface area contributed by atoms with Crippen LogP contribution in [-0.2, 0) is 0 Å². The van der Waals surface area contributed by atoms with E-state index in [0.29, 0.717) is 5.41 Å². The summed E-state index contributed by atoms with van der Waals surface area (Å²) in [5.74, 6) is 0. The molecule has 0 unspecified atom stereocenters. The Morgan fingerprint density at radius 1 is 1.00 bits per heavy atom. The first-order valence-electron chi connectivity index (χ1n) is 7.45. The lowest BCUT2D eigenvalue weighted by atomic mass is 9.86. The van der Waals surface area contributed by atoms with Gasteiger partial charge in [-0.05, 0) is 45.1 Å². The van der Waals surface area contributed by atoms with Gasteiger partial charge in [-0.1, -0.05) is 40.0 Å². The molecule has 0 radical (unpaired) electrons. The van der Waals surface area contributed by atoms with Crippen LogP contribution in [0.3, 0.4) is 0 Å². The maximum Gasteiger partial charge on any atom is 0.0683 e. The number of rotatable bonds is 10. The maximum atomic E-state index is 8.93. The van der Waals surface area contributed by atoms with E-state index in [1.165, 1.54) is 25.7 Å². The maximum absolute atomic E-state index is 8.93. The van der Waals surface area contributed by atoms with Crippen molar-refractivity contribution in [3.63, 3.8) is 0 Å². The van der Waals surface area contributed by atoms with Gasteiger partial charge < -0.3 is 5.32 Å². The molecule has 0 spiro atoms. The zero-order valence-electron chi connectivity index (χ0n) is 13.1. The van der Waals surface area contributed by atoms with Gasteiger partial charge in [0.05, 0.1) is 11.5 Å². The summed E-state index contributed by atoms with van der Waals surface area (Å²) in [6.45, 7) is 13.1. The monoisotopic (exact) mass is 252 g/mol. The SMILES string of the molecule is CCCCCC(C)(C)CNCCCC(C)(C)C#N. The number of nitrogens with one attached hydrogen (secondary N) is 1. The van der Waals surface area contributed by atoms with Crippen molar-refractivity contribution in [2.24, 2.45) is 10.8 Å². The number of nitrogens with zero attached hydrogens (tertiary/aromatic N) is 1. The van der Waals surface area contributed by atoms with Crippen LogP contribution in [0.2, 0.25) is 0 Å². The zero-order chi connectivity index (χ0) is 14.1. The smallest absolute Gasteiger partial charge is 0.0683 e. The van der Waals surface area contributed by atoms with Crippen molar-refractivity contribution in [2.75, 3.05) is 13.1 Å². The van der Waals surface area contributed by atoms with Crippen LogP contribution in [0.5, 0.6) is 0 Å². The van der Waals surface area contributed by atoms with Crippen molar-refractivity contribution in [2.45, 2.75) is 73.1 Å². The normalized spacial score (nSPS) is 12.4. The first-order chi connectivity index (χ1) is 8.33. The van der Waals surface area contributed by atoms with Crippen LogP contribution in [0, 0.1) is 22.2 Å².